The lowest BCUT2D eigenvalue weighted by Gasteiger charge is -2.30. The zero-order chi connectivity index (χ0) is 10.3. The number of aromatic nitrogens is 3. The molecular weight excluding hydrogens is 192 g/mol. The number of likely N-dealkylation sites (tertiary alicyclic amines) is 1. The fourth-order valence-corrected chi connectivity index (χ4v) is 1.69. The number of carbonyl (C=O) groups excluding carboxylic acids is 1. The van der Waals surface area contributed by atoms with Crippen molar-refractivity contribution in [2.75, 3.05) is 13.1 Å². The van der Waals surface area contributed by atoms with Crippen LogP contribution in [0.15, 0.2) is 24.5 Å². The molecule has 1 amide bonds. The van der Waals surface area contributed by atoms with Crippen molar-refractivity contribution in [3.05, 3.63) is 30.1 Å². The normalized spacial score (nSPS) is 15.3. The van der Waals surface area contributed by atoms with E-state index in [1.165, 1.54) is 4.63 Å². The van der Waals surface area contributed by atoms with Crippen LogP contribution in [0.25, 0.3) is 5.52 Å². The summed E-state index contributed by atoms with van der Waals surface area (Å²) in [5, 5.41) is 8.06. The number of hydrogen-bond acceptors (Lipinski definition) is 3. The fraction of sp³-hybridized carbons (Fsp3) is 0.300. The van der Waals surface area contributed by atoms with E-state index in [0.717, 1.165) is 25.0 Å². The van der Waals surface area contributed by atoms with E-state index in [4.69, 9.17) is 0 Å². The van der Waals surface area contributed by atoms with Gasteiger partial charge < -0.3 is 4.90 Å². The van der Waals surface area contributed by atoms with Gasteiger partial charge in [-0.3, -0.25) is 4.79 Å². The molecule has 0 aromatic carbocycles. The highest BCUT2D eigenvalue weighted by Gasteiger charge is 2.24. The van der Waals surface area contributed by atoms with Gasteiger partial charge in [-0.05, 0) is 18.6 Å². The molecule has 0 spiro atoms. The van der Waals surface area contributed by atoms with E-state index in [0.29, 0.717) is 5.56 Å². The highest BCUT2D eigenvalue weighted by molar-refractivity contribution is 6.00. The zero-order valence-electron chi connectivity index (χ0n) is 8.13. The van der Waals surface area contributed by atoms with E-state index in [1.54, 1.807) is 12.4 Å². The first kappa shape index (κ1) is 8.40. The molecule has 5 nitrogen and oxygen atoms in total. The first-order chi connectivity index (χ1) is 7.36. The summed E-state index contributed by atoms with van der Waals surface area (Å²) in [5.74, 6) is 0.0595. The molecule has 0 bridgehead atoms. The molecule has 76 valence electrons. The molecule has 1 fully saturated rings. The van der Waals surface area contributed by atoms with E-state index < -0.39 is 0 Å². The Morgan fingerprint density at radius 2 is 2.20 bits per heavy atom. The van der Waals surface area contributed by atoms with E-state index in [2.05, 4.69) is 10.2 Å². The molecule has 0 aliphatic carbocycles. The molecule has 0 radical (unpaired) electrons. The molecule has 3 rings (SSSR count). The molecule has 2 aromatic heterocycles. The lowest BCUT2D eigenvalue weighted by atomic mass is 10.1. The molecule has 15 heavy (non-hydrogen) atoms. The third kappa shape index (κ3) is 1.20. The minimum atomic E-state index is 0.0595. The largest absolute Gasteiger partial charge is 0.338 e. The standard InChI is InChI=1S/C10H10N4O/c15-10(13-5-2-6-13)8-7-12-14-9(8)3-1-4-11-14/h1,3-4,7H,2,5-6H2. The molecule has 0 saturated carbocycles. The first-order valence-electron chi connectivity index (χ1n) is 4.94. The predicted molar refractivity (Wildman–Crippen MR) is 53.5 cm³/mol. The molecule has 0 unspecified atom stereocenters. The van der Waals surface area contributed by atoms with Crippen molar-refractivity contribution in [1.82, 2.24) is 19.7 Å². The second kappa shape index (κ2) is 3.05. The Morgan fingerprint density at radius 3 is 2.93 bits per heavy atom. The van der Waals surface area contributed by atoms with E-state index in [9.17, 15) is 4.79 Å². The van der Waals surface area contributed by atoms with Gasteiger partial charge >= 0.3 is 0 Å². The average Bonchev–Trinajstić information content (AvgIpc) is 2.58. The van der Waals surface area contributed by atoms with Crippen LogP contribution in [0.1, 0.15) is 16.8 Å². The second-order valence-corrected chi connectivity index (χ2v) is 3.60. The van der Waals surface area contributed by atoms with Crippen molar-refractivity contribution < 1.29 is 4.79 Å². The smallest absolute Gasteiger partial charge is 0.257 e. The third-order valence-corrected chi connectivity index (χ3v) is 2.68. The molecule has 5 heteroatoms. The average molecular weight is 202 g/mol. The van der Waals surface area contributed by atoms with Crippen LogP contribution < -0.4 is 0 Å². The number of nitrogens with zero attached hydrogens (tertiary/aromatic N) is 4. The summed E-state index contributed by atoms with van der Waals surface area (Å²) in [7, 11) is 0. The summed E-state index contributed by atoms with van der Waals surface area (Å²) < 4.78 is 1.48. The Balaban J connectivity index is 2.06. The Morgan fingerprint density at radius 1 is 1.33 bits per heavy atom. The maximum Gasteiger partial charge on any atom is 0.257 e. The highest BCUT2D eigenvalue weighted by Crippen LogP contribution is 2.15. The van der Waals surface area contributed by atoms with Crippen LogP contribution in [-0.4, -0.2) is 38.7 Å². The van der Waals surface area contributed by atoms with Gasteiger partial charge in [0.2, 0.25) is 0 Å². The molecule has 1 aliphatic rings. The van der Waals surface area contributed by atoms with Gasteiger partial charge in [0.1, 0.15) is 5.52 Å². The van der Waals surface area contributed by atoms with E-state index >= 15 is 0 Å². The molecular formula is C10H10N4O. The lowest BCUT2D eigenvalue weighted by molar-refractivity contribution is 0.0654. The van der Waals surface area contributed by atoms with Gasteiger partial charge in [0.05, 0.1) is 11.8 Å². The van der Waals surface area contributed by atoms with Crippen LogP contribution in [0.5, 0.6) is 0 Å². The molecule has 1 saturated heterocycles. The second-order valence-electron chi connectivity index (χ2n) is 3.60. The molecule has 0 atom stereocenters. The number of carbonyl (C=O) groups is 1. The highest BCUT2D eigenvalue weighted by atomic mass is 16.2. The van der Waals surface area contributed by atoms with E-state index in [1.807, 2.05) is 17.0 Å². The summed E-state index contributed by atoms with van der Waals surface area (Å²) in [6.07, 6.45) is 4.34. The van der Waals surface area contributed by atoms with Crippen LogP contribution in [0, 0.1) is 0 Å². The van der Waals surface area contributed by atoms with Gasteiger partial charge in [-0.25, -0.2) is 0 Å². The van der Waals surface area contributed by atoms with Crippen molar-refractivity contribution >= 4 is 11.4 Å². The lowest BCUT2D eigenvalue weighted by Crippen LogP contribution is -2.41. The third-order valence-electron chi connectivity index (χ3n) is 2.68. The van der Waals surface area contributed by atoms with Gasteiger partial charge in [-0.1, -0.05) is 0 Å². The first-order valence-corrected chi connectivity index (χ1v) is 4.94. The minimum absolute atomic E-state index is 0.0595. The quantitative estimate of drug-likeness (QED) is 0.679. The van der Waals surface area contributed by atoms with Gasteiger partial charge in [-0.2, -0.15) is 14.8 Å². The summed E-state index contributed by atoms with van der Waals surface area (Å²) in [4.78, 5) is 13.8. The van der Waals surface area contributed by atoms with Gasteiger partial charge in [0, 0.05) is 19.3 Å². The molecule has 0 N–H and O–H groups in total. The summed E-state index contributed by atoms with van der Waals surface area (Å²) in [6.45, 7) is 1.72. The fourth-order valence-electron chi connectivity index (χ4n) is 1.69. The Labute approximate surface area is 86.3 Å². The van der Waals surface area contributed by atoms with Crippen molar-refractivity contribution in [3.8, 4) is 0 Å². The Hall–Kier alpha value is -1.91. The number of amides is 1. The minimum Gasteiger partial charge on any atom is -0.338 e. The zero-order valence-corrected chi connectivity index (χ0v) is 8.13. The molecule has 3 heterocycles. The number of hydrogen-bond donors (Lipinski definition) is 0. The van der Waals surface area contributed by atoms with E-state index in [-0.39, 0.29) is 5.91 Å². The maximum atomic E-state index is 11.9. The van der Waals surface area contributed by atoms with Crippen LogP contribution in [0.2, 0.25) is 0 Å². The van der Waals surface area contributed by atoms with Crippen molar-refractivity contribution in [2.45, 2.75) is 6.42 Å². The SMILES string of the molecule is O=C(c1cnn2ncccc12)N1CCC1. The number of rotatable bonds is 1. The van der Waals surface area contributed by atoms with Gasteiger partial charge in [0.15, 0.2) is 0 Å². The van der Waals surface area contributed by atoms with Crippen molar-refractivity contribution in [2.24, 2.45) is 0 Å². The molecule has 2 aromatic rings. The summed E-state index contributed by atoms with van der Waals surface area (Å²) in [6, 6.07) is 3.66. The monoisotopic (exact) mass is 202 g/mol. The van der Waals surface area contributed by atoms with Gasteiger partial charge in [0.25, 0.3) is 5.91 Å². The maximum absolute atomic E-state index is 11.9. The van der Waals surface area contributed by atoms with Crippen LogP contribution in [0.3, 0.4) is 0 Å². The number of fused-ring (bicyclic) bond motifs is 1. The van der Waals surface area contributed by atoms with Crippen molar-refractivity contribution in [1.29, 1.82) is 0 Å². The van der Waals surface area contributed by atoms with Crippen LogP contribution in [0.4, 0.5) is 0 Å². The molecule has 1 aliphatic heterocycles. The van der Waals surface area contributed by atoms with Crippen molar-refractivity contribution in [3.63, 3.8) is 0 Å². The van der Waals surface area contributed by atoms with Crippen LogP contribution in [-0.2, 0) is 0 Å². The Bertz CT molecular complexity index is 515. The summed E-state index contributed by atoms with van der Waals surface area (Å²) >= 11 is 0. The van der Waals surface area contributed by atoms with Crippen LogP contribution >= 0.6 is 0 Å². The topological polar surface area (TPSA) is 50.5 Å². The van der Waals surface area contributed by atoms with Gasteiger partial charge in [-0.15, -0.1) is 0 Å². The summed E-state index contributed by atoms with van der Waals surface area (Å²) in [5.41, 5.74) is 1.41. The Kier molecular flexibility index (Phi) is 1.71. The predicted octanol–water partition coefficient (Wildman–Crippen LogP) is 0.575.